The van der Waals surface area contributed by atoms with Gasteiger partial charge in [0, 0.05) is 25.0 Å². The summed E-state index contributed by atoms with van der Waals surface area (Å²) >= 11 is 0. The summed E-state index contributed by atoms with van der Waals surface area (Å²) in [6.07, 6.45) is 3.78. The summed E-state index contributed by atoms with van der Waals surface area (Å²) in [6.45, 7) is 5.68. The van der Waals surface area contributed by atoms with Gasteiger partial charge in [-0.05, 0) is 38.5 Å². The maximum absolute atomic E-state index is 12.4. The molecule has 20 heavy (non-hydrogen) atoms. The van der Waals surface area contributed by atoms with E-state index in [0.717, 1.165) is 16.8 Å². The van der Waals surface area contributed by atoms with Gasteiger partial charge in [-0.25, -0.2) is 0 Å². The summed E-state index contributed by atoms with van der Waals surface area (Å²) in [5.41, 5.74) is 2.72. The number of hydrogen-bond donors (Lipinski definition) is 0. The molecule has 0 N–H and O–H groups in total. The summed E-state index contributed by atoms with van der Waals surface area (Å²) in [6, 6.07) is 3.85. The first-order valence-corrected chi connectivity index (χ1v) is 6.58. The van der Waals surface area contributed by atoms with Gasteiger partial charge in [-0.3, -0.25) is 9.78 Å². The smallest absolute Gasteiger partial charge is 0.227 e. The highest BCUT2D eigenvalue weighted by Crippen LogP contribution is 2.20. The maximum atomic E-state index is 12.4. The van der Waals surface area contributed by atoms with Gasteiger partial charge in [0.15, 0.2) is 0 Å². The Labute approximate surface area is 118 Å². The van der Waals surface area contributed by atoms with Gasteiger partial charge in [-0.1, -0.05) is 5.16 Å². The second-order valence-corrected chi connectivity index (χ2v) is 4.94. The Hall–Kier alpha value is -2.17. The average Bonchev–Trinajstić information content (AvgIpc) is 2.78. The monoisotopic (exact) mass is 273 g/mol. The Bertz CT molecular complexity index is 573. The molecule has 5 nitrogen and oxygen atoms in total. The van der Waals surface area contributed by atoms with Crippen LogP contribution < -0.4 is 0 Å². The average molecular weight is 273 g/mol. The normalized spacial score (nSPS) is 12.2. The van der Waals surface area contributed by atoms with E-state index in [1.807, 2.05) is 40.0 Å². The first kappa shape index (κ1) is 14.2. The number of hydrogen-bond acceptors (Lipinski definition) is 4. The predicted molar refractivity (Wildman–Crippen MR) is 75.1 cm³/mol. The topological polar surface area (TPSA) is 59.2 Å². The Kier molecular flexibility index (Phi) is 4.17. The zero-order valence-corrected chi connectivity index (χ0v) is 12.3. The number of carbonyl (C=O) groups is 1. The van der Waals surface area contributed by atoms with Crippen molar-refractivity contribution in [3.63, 3.8) is 0 Å². The van der Waals surface area contributed by atoms with Gasteiger partial charge in [-0.2, -0.15) is 0 Å². The molecular weight excluding hydrogens is 254 g/mol. The lowest BCUT2D eigenvalue weighted by Gasteiger charge is -2.25. The number of amides is 1. The van der Waals surface area contributed by atoms with Crippen LogP contribution in [0.4, 0.5) is 0 Å². The van der Waals surface area contributed by atoms with Crippen LogP contribution in [0.25, 0.3) is 0 Å². The second kappa shape index (κ2) is 5.86. The fraction of sp³-hybridized carbons (Fsp3) is 0.400. The van der Waals surface area contributed by atoms with Crippen molar-refractivity contribution >= 4 is 5.91 Å². The molecule has 0 radical (unpaired) electrons. The third-order valence-corrected chi connectivity index (χ3v) is 3.67. The maximum Gasteiger partial charge on any atom is 0.227 e. The van der Waals surface area contributed by atoms with Crippen molar-refractivity contribution < 1.29 is 9.32 Å². The molecule has 1 unspecified atom stereocenters. The van der Waals surface area contributed by atoms with Gasteiger partial charge >= 0.3 is 0 Å². The minimum absolute atomic E-state index is 0.00553. The zero-order valence-electron chi connectivity index (χ0n) is 12.3. The number of likely N-dealkylation sites (N-methyl/N-ethyl adjacent to an activating group) is 1. The van der Waals surface area contributed by atoms with Crippen molar-refractivity contribution in [3.8, 4) is 0 Å². The van der Waals surface area contributed by atoms with Crippen LogP contribution in [0.3, 0.4) is 0 Å². The molecule has 2 rings (SSSR count). The lowest BCUT2D eigenvalue weighted by atomic mass is 10.1. The molecular formula is C15H19N3O2. The van der Waals surface area contributed by atoms with Crippen LogP contribution in [0.1, 0.15) is 35.5 Å². The van der Waals surface area contributed by atoms with Gasteiger partial charge in [0.25, 0.3) is 0 Å². The molecule has 2 aromatic rings. The van der Waals surface area contributed by atoms with Crippen molar-refractivity contribution in [2.75, 3.05) is 7.05 Å². The first-order valence-electron chi connectivity index (χ1n) is 6.58. The fourth-order valence-electron chi connectivity index (χ4n) is 2.11. The van der Waals surface area contributed by atoms with Gasteiger partial charge in [0.1, 0.15) is 5.76 Å². The third kappa shape index (κ3) is 2.87. The summed E-state index contributed by atoms with van der Waals surface area (Å²) in [7, 11) is 1.81. The standard InChI is InChI=1S/C15H19N3O2/c1-10-14(12(3)20-17-10)9-15(19)18(4)11(2)13-5-7-16-8-6-13/h5-8,11H,9H2,1-4H3. The molecule has 0 saturated heterocycles. The number of carbonyl (C=O) groups excluding carboxylic acids is 1. The first-order chi connectivity index (χ1) is 9.50. The second-order valence-electron chi connectivity index (χ2n) is 4.94. The molecule has 1 atom stereocenters. The Balaban J connectivity index is 2.09. The van der Waals surface area contributed by atoms with Crippen molar-refractivity contribution in [1.29, 1.82) is 0 Å². The molecule has 106 valence electrons. The van der Waals surface area contributed by atoms with Crippen LogP contribution in [0.5, 0.6) is 0 Å². The van der Waals surface area contributed by atoms with Crippen LogP contribution in [-0.2, 0) is 11.2 Å². The fourth-order valence-corrected chi connectivity index (χ4v) is 2.11. The third-order valence-electron chi connectivity index (χ3n) is 3.67. The van der Waals surface area contributed by atoms with E-state index < -0.39 is 0 Å². The number of aromatic nitrogens is 2. The Morgan fingerprint density at radius 1 is 1.35 bits per heavy atom. The van der Waals surface area contributed by atoms with Crippen LogP contribution >= 0.6 is 0 Å². The van der Waals surface area contributed by atoms with E-state index >= 15 is 0 Å². The minimum atomic E-state index is 0.00553. The summed E-state index contributed by atoms with van der Waals surface area (Å²) in [5.74, 6) is 0.754. The van der Waals surface area contributed by atoms with Gasteiger partial charge in [0.2, 0.25) is 5.91 Å². The molecule has 0 aliphatic heterocycles. The van der Waals surface area contributed by atoms with Crippen molar-refractivity contribution in [2.45, 2.75) is 33.2 Å². The molecule has 0 spiro atoms. The highest BCUT2D eigenvalue weighted by molar-refractivity contribution is 5.79. The van der Waals surface area contributed by atoms with Crippen molar-refractivity contribution in [3.05, 3.63) is 47.1 Å². The molecule has 0 fully saturated rings. The summed E-state index contributed by atoms with van der Waals surface area (Å²) in [5, 5.41) is 3.88. The van der Waals surface area contributed by atoms with E-state index in [4.69, 9.17) is 4.52 Å². The molecule has 2 aromatic heterocycles. The van der Waals surface area contributed by atoms with Crippen molar-refractivity contribution in [2.24, 2.45) is 0 Å². The number of aryl methyl sites for hydroxylation is 2. The molecule has 5 heteroatoms. The Morgan fingerprint density at radius 3 is 2.55 bits per heavy atom. The van der Waals surface area contributed by atoms with Crippen molar-refractivity contribution in [1.82, 2.24) is 15.0 Å². The van der Waals surface area contributed by atoms with E-state index in [1.54, 1.807) is 17.3 Å². The zero-order chi connectivity index (χ0) is 14.7. The molecule has 2 heterocycles. The lowest BCUT2D eigenvalue weighted by Crippen LogP contribution is -2.31. The molecule has 0 aromatic carbocycles. The SMILES string of the molecule is Cc1noc(C)c1CC(=O)N(C)C(C)c1ccncc1. The highest BCUT2D eigenvalue weighted by Gasteiger charge is 2.20. The Morgan fingerprint density at radius 2 is 2.00 bits per heavy atom. The minimum Gasteiger partial charge on any atom is -0.361 e. The van der Waals surface area contributed by atoms with Gasteiger partial charge in [-0.15, -0.1) is 0 Å². The van der Waals surface area contributed by atoms with Crippen LogP contribution in [0.15, 0.2) is 29.0 Å². The van der Waals surface area contributed by atoms with E-state index in [2.05, 4.69) is 10.1 Å². The van der Waals surface area contributed by atoms with E-state index in [1.165, 1.54) is 0 Å². The molecule has 1 amide bonds. The van der Waals surface area contributed by atoms with E-state index in [0.29, 0.717) is 12.2 Å². The summed E-state index contributed by atoms with van der Waals surface area (Å²) in [4.78, 5) is 18.1. The molecule has 0 aliphatic carbocycles. The number of pyridine rings is 1. The van der Waals surface area contributed by atoms with E-state index in [-0.39, 0.29) is 11.9 Å². The van der Waals surface area contributed by atoms with Crippen LogP contribution in [0, 0.1) is 13.8 Å². The quantitative estimate of drug-likeness (QED) is 0.858. The van der Waals surface area contributed by atoms with Crippen LogP contribution in [0.2, 0.25) is 0 Å². The molecule has 0 bridgehead atoms. The van der Waals surface area contributed by atoms with Gasteiger partial charge < -0.3 is 9.42 Å². The summed E-state index contributed by atoms with van der Waals surface area (Å²) < 4.78 is 5.09. The molecule has 0 aliphatic rings. The predicted octanol–water partition coefficient (Wildman–Crippen LogP) is 2.45. The highest BCUT2D eigenvalue weighted by atomic mass is 16.5. The lowest BCUT2D eigenvalue weighted by molar-refractivity contribution is -0.131. The van der Waals surface area contributed by atoms with Gasteiger partial charge in [0.05, 0.1) is 18.2 Å². The van der Waals surface area contributed by atoms with Crippen LogP contribution in [-0.4, -0.2) is 28.0 Å². The van der Waals surface area contributed by atoms with E-state index in [9.17, 15) is 4.79 Å². The largest absolute Gasteiger partial charge is 0.361 e. The molecule has 0 saturated carbocycles. The number of rotatable bonds is 4. The number of nitrogens with zero attached hydrogens (tertiary/aromatic N) is 3.